The molecule has 4 aliphatic rings. The van der Waals surface area contributed by atoms with Crippen molar-refractivity contribution in [2.24, 2.45) is 5.92 Å². The van der Waals surface area contributed by atoms with E-state index in [0.717, 1.165) is 35.2 Å². The predicted molar refractivity (Wildman–Crippen MR) is 148 cm³/mol. The van der Waals surface area contributed by atoms with Gasteiger partial charge in [0.15, 0.2) is 5.78 Å². The molecule has 3 aromatic carbocycles. The van der Waals surface area contributed by atoms with Crippen molar-refractivity contribution in [2.45, 2.75) is 50.6 Å². The van der Waals surface area contributed by atoms with Crippen molar-refractivity contribution in [3.05, 3.63) is 88.5 Å². The molecule has 4 atom stereocenters. The molecule has 7 heteroatoms. The molecule has 0 radical (unpaired) electrons. The van der Waals surface area contributed by atoms with Gasteiger partial charge in [-0.05, 0) is 75.0 Å². The molecule has 2 saturated heterocycles. The van der Waals surface area contributed by atoms with Crippen LogP contribution in [-0.2, 0) is 20.5 Å². The van der Waals surface area contributed by atoms with Gasteiger partial charge < -0.3 is 15.4 Å². The van der Waals surface area contributed by atoms with Crippen molar-refractivity contribution < 1.29 is 19.1 Å². The number of amides is 2. The topological polar surface area (TPSA) is 87.7 Å². The molecule has 4 aliphatic heterocycles. The maximum absolute atomic E-state index is 14.9. The summed E-state index contributed by atoms with van der Waals surface area (Å²) in [5, 5.41) is 6.28. The van der Waals surface area contributed by atoms with Crippen molar-refractivity contribution in [3.63, 3.8) is 0 Å². The number of carbonyl (C=O) groups excluding carboxylic acids is 3. The minimum absolute atomic E-state index is 0.162. The number of nitrogens with one attached hydrogen (secondary N) is 2. The van der Waals surface area contributed by atoms with E-state index in [1.165, 1.54) is 0 Å². The molecular weight excluding hydrogens is 490 g/mol. The highest BCUT2D eigenvalue weighted by molar-refractivity contribution is 6.21. The SMILES string of the molecule is CCOc1ccccc1C(=O)[C@H]1[C@@H]2CCCN2[C@@]2(C(=O)Nc3c2ccc(C)c3C)[C@]12C(=O)Nc1ccccc12. The Balaban J connectivity index is 1.58. The largest absolute Gasteiger partial charge is 0.493 e. The first-order chi connectivity index (χ1) is 18.9. The number of aryl methyl sites for hydroxylation is 1. The fourth-order valence-electron chi connectivity index (χ4n) is 8.01. The van der Waals surface area contributed by atoms with Gasteiger partial charge >= 0.3 is 0 Å². The van der Waals surface area contributed by atoms with E-state index in [0.29, 0.717) is 35.7 Å². The minimum atomic E-state index is -1.46. The Labute approximate surface area is 227 Å². The Morgan fingerprint density at radius 2 is 1.74 bits per heavy atom. The zero-order chi connectivity index (χ0) is 27.1. The molecule has 0 aliphatic carbocycles. The Morgan fingerprint density at radius 3 is 2.56 bits per heavy atom. The predicted octanol–water partition coefficient (Wildman–Crippen LogP) is 4.72. The molecule has 198 valence electrons. The van der Waals surface area contributed by atoms with Crippen molar-refractivity contribution in [3.8, 4) is 5.75 Å². The number of anilines is 2. The van der Waals surface area contributed by atoms with Crippen molar-refractivity contribution in [2.75, 3.05) is 23.8 Å². The average molecular weight is 522 g/mol. The van der Waals surface area contributed by atoms with Crippen LogP contribution in [0.3, 0.4) is 0 Å². The summed E-state index contributed by atoms with van der Waals surface area (Å²) in [4.78, 5) is 46.2. The first-order valence-corrected chi connectivity index (χ1v) is 13.7. The maximum atomic E-state index is 14.9. The lowest BCUT2D eigenvalue weighted by molar-refractivity contribution is -0.137. The molecule has 39 heavy (non-hydrogen) atoms. The van der Waals surface area contributed by atoms with Gasteiger partial charge in [-0.3, -0.25) is 19.3 Å². The summed E-state index contributed by atoms with van der Waals surface area (Å²) >= 11 is 0. The van der Waals surface area contributed by atoms with Crippen LogP contribution in [0.5, 0.6) is 5.75 Å². The Kier molecular flexibility index (Phi) is 5.11. The number of carbonyl (C=O) groups is 3. The first kappa shape index (κ1) is 24.1. The highest BCUT2D eigenvalue weighted by Gasteiger charge is 2.81. The van der Waals surface area contributed by atoms with E-state index in [4.69, 9.17) is 4.74 Å². The van der Waals surface area contributed by atoms with Gasteiger partial charge in [-0.2, -0.15) is 0 Å². The molecule has 3 aromatic rings. The van der Waals surface area contributed by atoms with Crippen molar-refractivity contribution in [1.82, 2.24) is 4.90 Å². The van der Waals surface area contributed by atoms with E-state index < -0.39 is 16.9 Å². The van der Waals surface area contributed by atoms with Crippen LogP contribution in [0.15, 0.2) is 60.7 Å². The van der Waals surface area contributed by atoms with E-state index in [1.807, 2.05) is 69.3 Å². The van der Waals surface area contributed by atoms with Gasteiger partial charge in [0.2, 0.25) is 5.91 Å². The van der Waals surface area contributed by atoms with Crippen LogP contribution in [0.2, 0.25) is 0 Å². The monoisotopic (exact) mass is 521 g/mol. The average Bonchev–Trinajstić information content (AvgIpc) is 3.65. The van der Waals surface area contributed by atoms with E-state index in [9.17, 15) is 14.4 Å². The summed E-state index contributed by atoms with van der Waals surface area (Å²) in [5.74, 6) is -0.988. The summed E-state index contributed by atoms with van der Waals surface area (Å²) in [6, 6.07) is 18.5. The summed E-state index contributed by atoms with van der Waals surface area (Å²) in [7, 11) is 0. The lowest BCUT2D eigenvalue weighted by Crippen LogP contribution is -2.62. The minimum Gasteiger partial charge on any atom is -0.493 e. The highest BCUT2D eigenvalue weighted by Crippen LogP contribution is 2.68. The third-order valence-electron chi connectivity index (χ3n) is 9.54. The molecule has 2 fully saturated rings. The number of Topliss-reactive ketones (excluding diaryl/α,β-unsaturated/α-hetero) is 1. The number of ketones is 1. The van der Waals surface area contributed by atoms with Crippen LogP contribution in [0.4, 0.5) is 11.4 Å². The molecule has 0 bridgehead atoms. The molecule has 0 aromatic heterocycles. The summed E-state index contributed by atoms with van der Waals surface area (Å²) in [5.41, 5.74) is 2.57. The summed E-state index contributed by atoms with van der Waals surface area (Å²) in [6.45, 7) is 6.94. The van der Waals surface area contributed by atoms with Gasteiger partial charge in [0, 0.05) is 23.0 Å². The zero-order valence-corrected chi connectivity index (χ0v) is 22.3. The van der Waals surface area contributed by atoms with Crippen LogP contribution in [0.1, 0.15) is 52.4 Å². The summed E-state index contributed by atoms with van der Waals surface area (Å²) < 4.78 is 5.89. The smallest absolute Gasteiger partial charge is 0.251 e. The number of rotatable bonds is 4. The molecule has 0 saturated carbocycles. The Hall–Kier alpha value is -3.97. The highest BCUT2D eigenvalue weighted by atomic mass is 16.5. The number of benzene rings is 3. The van der Waals surface area contributed by atoms with Gasteiger partial charge in [0.1, 0.15) is 16.7 Å². The number of hydrogen-bond donors (Lipinski definition) is 2. The fourth-order valence-corrected chi connectivity index (χ4v) is 8.01. The quantitative estimate of drug-likeness (QED) is 0.486. The van der Waals surface area contributed by atoms with E-state index >= 15 is 0 Å². The molecule has 2 N–H and O–H groups in total. The second-order valence-electron chi connectivity index (χ2n) is 11.1. The molecule has 2 spiro atoms. The number of para-hydroxylation sites is 2. The van der Waals surface area contributed by atoms with Crippen LogP contribution in [0.25, 0.3) is 0 Å². The first-order valence-electron chi connectivity index (χ1n) is 13.7. The number of ether oxygens (including phenoxy) is 1. The number of nitrogens with zero attached hydrogens (tertiary/aromatic N) is 1. The molecule has 0 unspecified atom stereocenters. The van der Waals surface area contributed by atoms with Crippen LogP contribution in [-0.4, -0.2) is 41.7 Å². The van der Waals surface area contributed by atoms with Crippen molar-refractivity contribution in [1.29, 1.82) is 0 Å². The van der Waals surface area contributed by atoms with Crippen LogP contribution >= 0.6 is 0 Å². The standard InChI is InChI=1S/C32H31N3O4/c1-4-39-25-14-8-5-10-20(25)28(36)26-24-13-9-17-35(24)32(22-16-15-18(2)19(3)27(22)34-30(32)38)31(26)21-11-6-7-12-23(21)33-29(31)37/h5-8,10-12,14-16,24,26H,4,9,13,17H2,1-3H3,(H,33,37)(H,34,38)/t24-,26+,31-,32-/m0/s1. The van der Waals surface area contributed by atoms with Gasteiger partial charge in [0.25, 0.3) is 5.91 Å². The Bertz CT molecular complexity index is 1580. The third-order valence-corrected chi connectivity index (χ3v) is 9.54. The van der Waals surface area contributed by atoms with Gasteiger partial charge in [-0.25, -0.2) is 0 Å². The number of fused-ring (bicyclic) bond motifs is 7. The van der Waals surface area contributed by atoms with Crippen LogP contribution in [0, 0.1) is 19.8 Å². The third kappa shape index (κ3) is 2.73. The van der Waals surface area contributed by atoms with E-state index in [1.54, 1.807) is 12.1 Å². The van der Waals surface area contributed by atoms with E-state index in [-0.39, 0.29) is 23.6 Å². The second-order valence-corrected chi connectivity index (χ2v) is 11.1. The van der Waals surface area contributed by atoms with E-state index in [2.05, 4.69) is 15.5 Å². The summed E-state index contributed by atoms with van der Waals surface area (Å²) in [6.07, 6.45) is 1.57. The zero-order valence-electron chi connectivity index (χ0n) is 22.3. The fraction of sp³-hybridized carbons (Fsp3) is 0.344. The van der Waals surface area contributed by atoms with Gasteiger partial charge in [-0.15, -0.1) is 0 Å². The lowest BCUT2D eigenvalue weighted by atomic mass is 9.57. The van der Waals surface area contributed by atoms with Crippen molar-refractivity contribution >= 4 is 29.0 Å². The van der Waals surface area contributed by atoms with Gasteiger partial charge in [0.05, 0.1) is 18.1 Å². The molecule has 7 rings (SSSR count). The van der Waals surface area contributed by atoms with Crippen LogP contribution < -0.4 is 15.4 Å². The van der Waals surface area contributed by atoms with Gasteiger partial charge in [-0.1, -0.05) is 42.5 Å². The molecule has 4 heterocycles. The number of hydrogen-bond acceptors (Lipinski definition) is 5. The Morgan fingerprint density at radius 1 is 0.974 bits per heavy atom. The molecule has 2 amide bonds. The molecule has 7 nitrogen and oxygen atoms in total. The maximum Gasteiger partial charge on any atom is 0.251 e. The second kappa shape index (κ2) is 8.26. The lowest BCUT2D eigenvalue weighted by Gasteiger charge is -2.43. The molecular formula is C32H31N3O4. The normalized spacial score (nSPS) is 28.4.